The van der Waals surface area contributed by atoms with Crippen LogP contribution in [0.4, 0.5) is 4.79 Å². The van der Waals surface area contributed by atoms with E-state index in [0.717, 1.165) is 54.4 Å². The van der Waals surface area contributed by atoms with Gasteiger partial charge in [0.1, 0.15) is 12.6 Å². The summed E-state index contributed by atoms with van der Waals surface area (Å²) in [4.78, 5) is 36.6. The first-order valence-corrected chi connectivity index (χ1v) is 12.5. The molecule has 7 nitrogen and oxygen atoms in total. The second kappa shape index (κ2) is 12.9. The minimum absolute atomic E-state index is 0.00603. The van der Waals surface area contributed by atoms with Gasteiger partial charge in [0.15, 0.2) is 0 Å². The molecule has 0 aliphatic heterocycles. The highest BCUT2D eigenvalue weighted by Crippen LogP contribution is 2.44. The molecule has 1 aliphatic carbocycles. The Kier molecular flexibility index (Phi) is 9.70. The predicted octanol–water partition coefficient (Wildman–Crippen LogP) is 5.23. The Bertz CT molecular complexity index is 976. The van der Waals surface area contributed by atoms with Crippen LogP contribution in [0.25, 0.3) is 11.1 Å². The first kappa shape index (κ1) is 26.3. The van der Waals surface area contributed by atoms with Gasteiger partial charge in [0.05, 0.1) is 0 Å². The molecule has 35 heavy (non-hydrogen) atoms. The lowest BCUT2D eigenvalue weighted by molar-refractivity contribution is -0.137. The summed E-state index contributed by atoms with van der Waals surface area (Å²) in [6, 6.07) is 15.1. The van der Waals surface area contributed by atoms with Gasteiger partial charge in [-0.2, -0.15) is 0 Å². The van der Waals surface area contributed by atoms with Crippen LogP contribution in [0.5, 0.6) is 0 Å². The molecule has 0 heterocycles. The molecule has 0 saturated heterocycles. The number of fused-ring (bicyclic) bond motifs is 3. The van der Waals surface area contributed by atoms with Gasteiger partial charge in [0.2, 0.25) is 5.91 Å². The van der Waals surface area contributed by atoms with Crippen LogP contribution in [-0.2, 0) is 14.3 Å². The first-order valence-electron chi connectivity index (χ1n) is 12.5. The predicted molar refractivity (Wildman–Crippen MR) is 135 cm³/mol. The van der Waals surface area contributed by atoms with Gasteiger partial charge in [-0.25, -0.2) is 4.79 Å². The van der Waals surface area contributed by atoms with E-state index in [0.29, 0.717) is 0 Å². The van der Waals surface area contributed by atoms with Gasteiger partial charge in [-0.1, -0.05) is 81.1 Å². The highest BCUT2D eigenvalue weighted by atomic mass is 16.5. The number of benzene rings is 2. The maximum Gasteiger partial charge on any atom is 0.407 e. The van der Waals surface area contributed by atoms with E-state index in [9.17, 15) is 14.4 Å². The van der Waals surface area contributed by atoms with Crippen LogP contribution < -0.4 is 10.6 Å². The zero-order valence-corrected chi connectivity index (χ0v) is 20.6. The molecule has 2 aromatic carbocycles. The van der Waals surface area contributed by atoms with E-state index in [1.807, 2.05) is 43.3 Å². The van der Waals surface area contributed by atoms with E-state index in [1.165, 1.54) is 0 Å². The van der Waals surface area contributed by atoms with Crippen molar-refractivity contribution < 1.29 is 24.2 Å². The molecule has 0 fully saturated rings. The summed E-state index contributed by atoms with van der Waals surface area (Å²) in [6.45, 7) is 4.19. The van der Waals surface area contributed by atoms with Gasteiger partial charge < -0.3 is 20.5 Å². The molecule has 1 aliphatic rings. The van der Waals surface area contributed by atoms with Crippen molar-refractivity contribution in [2.24, 2.45) is 0 Å². The number of hydrogen-bond donors (Lipinski definition) is 3. The molecule has 188 valence electrons. The fourth-order valence-electron chi connectivity index (χ4n) is 4.61. The molecular weight excluding hydrogens is 444 g/mol. The minimum atomic E-state index is -1.02. The molecule has 2 amide bonds. The zero-order chi connectivity index (χ0) is 25.2. The number of rotatable bonds is 13. The van der Waals surface area contributed by atoms with Crippen molar-refractivity contribution in [1.82, 2.24) is 10.6 Å². The van der Waals surface area contributed by atoms with Crippen molar-refractivity contribution in [1.29, 1.82) is 0 Å². The Morgan fingerprint density at radius 1 is 0.914 bits per heavy atom. The average molecular weight is 481 g/mol. The number of unbranched alkanes of at least 4 members (excludes halogenated alkanes) is 3. The van der Waals surface area contributed by atoms with Crippen LogP contribution in [0, 0.1) is 0 Å². The van der Waals surface area contributed by atoms with Crippen LogP contribution >= 0.6 is 0 Å². The first-order chi connectivity index (χ1) is 16.9. The van der Waals surface area contributed by atoms with Crippen LogP contribution in [-0.4, -0.2) is 41.8 Å². The van der Waals surface area contributed by atoms with Crippen LogP contribution in [0.1, 0.15) is 75.8 Å². The Hall–Kier alpha value is -3.35. The lowest BCUT2D eigenvalue weighted by Crippen LogP contribution is -2.49. The minimum Gasteiger partial charge on any atom is -0.481 e. The van der Waals surface area contributed by atoms with Crippen molar-refractivity contribution in [3.8, 4) is 11.1 Å². The van der Waals surface area contributed by atoms with Gasteiger partial charge in [-0.05, 0) is 42.0 Å². The summed E-state index contributed by atoms with van der Waals surface area (Å²) in [5.41, 5.74) is 4.45. The zero-order valence-electron chi connectivity index (χ0n) is 20.6. The summed E-state index contributed by atoms with van der Waals surface area (Å²) in [7, 11) is 0. The summed E-state index contributed by atoms with van der Waals surface area (Å²) in [5.74, 6) is -1.50. The molecule has 7 heteroatoms. The second-order valence-corrected chi connectivity index (χ2v) is 9.21. The van der Waals surface area contributed by atoms with Crippen molar-refractivity contribution in [3.05, 3.63) is 59.7 Å². The molecule has 2 unspecified atom stereocenters. The third-order valence-corrected chi connectivity index (χ3v) is 6.48. The van der Waals surface area contributed by atoms with Crippen molar-refractivity contribution >= 4 is 18.0 Å². The van der Waals surface area contributed by atoms with Crippen LogP contribution in [0.2, 0.25) is 0 Å². The molecule has 0 aromatic heterocycles. The number of carbonyl (C=O) groups excluding carboxylic acids is 2. The molecule has 3 rings (SSSR count). The number of nitrogens with one attached hydrogen (secondary N) is 2. The van der Waals surface area contributed by atoms with Crippen LogP contribution in [0.15, 0.2) is 48.5 Å². The average Bonchev–Trinajstić information content (AvgIpc) is 3.16. The smallest absolute Gasteiger partial charge is 0.407 e. The highest BCUT2D eigenvalue weighted by molar-refractivity contribution is 5.86. The Morgan fingerprint density at radius 2 is 1.54 bits per heavy atom. The van der Waals surface area contributed by atoms with E-state index in [2.05, 4.69) is 29.7 Å². The summed E-state index contributed by atoms with van der Waals surface area (Å²) < 4.78 is 5.55. The number of aliphatic carboxylic acids is 1. The normalized spacial score (nSPS) is 13.9. The number of alkyl carbamates (subject to hydrolysis) is 1. The number of ether oxygens (including phenoxy) is 1. The topological polar surface area (TPSA) is 105 Å². The number of carboxylic acid groups (broad SMARTS) is 1. The van der Waals surface area contributed by atoms with Gasteiger partial charge in [-0.15, -0.1) is 0 Å². The van der Waals surface area contributed by atoms with E-state index in [1.54, 1.807) is 0 Å². The van der Waals surface area contributed by atoms with E-state index < -0.39 is 18.1 Å². The maximum absolute atomic E-state index is 12.8. The maximum atomic E-state index is 12.8. The third-order valence-electron chi connectivity index (χ3n) is 6.48. The number of hydrogen-bond acceptors (Lipinski definition) is 4. The van der Waals surface area contributed by atoms with E-state index in [4.69, 9.17) is 9.84 Å². The molecule has 3 N–H and O–H groups in total. The summed E-state index contributed by atoms with van der Waals surface area (Å²) in [5, 5.41) is 14.6. The lowest BCUT2D eigenvalue weighted by Gasteiger charge is -2.21. The monoisotopic (exact) mass is 480 g/mol. The van der Waals surface area contributed by atoms with Crippen molar-refractivity contribution in [2.45, 2.75) is 76.8 Å². The third kappa shape index (κ3) is 7.31. The van der Waals surface area contributed by atoms with Gasteiger partial charge in [0.25, 0.3) is 0 Å². The van der Waals surface area contributed by atoms with E-state index >= 15 is 0 Å². The molecule has 0 radical (unpaired) electrons. The van der Waals surface area contributed by atoms with Crippen LogP contribution in [0.3, 0.4) is 0 Å². The quantitative estimate of drug-likeness (QED) is 0.340. The molecule has 2 atom stereocenters. The van der Waals surface area contributed by atoms with Crippen molar-refractivity contribution in [3.63, 3.8) is 0 Å². The Morgan fingerprint density at radius 3 is 2.14 bits per heavy atom. The van der Waals surface area contributed by atoms with Crippen molar-refractivity contribution in [2.75, 3.05) is 6.61 Å². The molecule has 2 aromatic rings. The van der Waals surface area contributed by atoms with Gasteiger partial charge >= 0.3 is 12.1 Å². The number of carbonyl (C=O) groups is 3. The molecule has 0 bridgehead atoms. The van der Waals surface area contributed by atoms with Gasteiger partial charge in [0, 0.05) is 18.4 Å². The highest BCUT2D eigenvalue weighted by Gasteiger charge is 2.30. The van der Waals surface area contributed by atoms with Gasteiger partial charge in [-0.3, -0.25) is 9.59 Å². The molecule has 0 saturated carbocycles. The molecule has 0 spiro atoms. The Labute approximate surface area is 207 Å². The standard InChI is InChI=1S/C28H36N2O5/c1-3-4-5-6-11-19(2)29-27(33)25(16-17-26(31)32)30-28(34)35-18-24-22-14-9-7-12-20(22)21-13-8-10-15-23(21)24/h7-10,12-15,19,24-25H,3-6,11,16-18H2,1-2H3,(H,29,33)(H,30,34)(H,31,32). The summed E-state index contributed by atoms with van der Waals surface area (Å²) >= 11 is 0. The SMILES string of the molecule is CCCCCCC(C)NC(=O)C(CCC(=O)O)NC(=O)OCC1c2ccccc2-c2ccccc21. The largest absolute Gasteiger partial charge is 0.481 e. The fourth-order valence-corrected chi connectivity index (χ4v) is 4.61. The van der Waals surface area contributed by atoms with E-state index in [-0.39, 0.29) is 37.3 Å². The fraction of sp³-hybridized carbons (Fsp3) is 0.464. The summed E-state index contributed by atoms with van der Waals surface area (Å²) in [6.07, 6.45) is 4.29. The lowest BCUT2D eigenvalue weighted by atomic mass is 9.98. The number of carboxylic acids is 1. The second-order valence-electron chi connectivity index (χ2n) is 9.21. The Balaban J connectivity index is 1.58. The number of amides is 2. The molecular formula is C28H36N2O5.